The number of nitrogens with zero attached hydrogens (tertiary/aromatic N) is 3. The number of nitrogens with one attached hydrogen (secondary N) is 1. The molecule has 1 saturated heterocycles. The standard InChI is InChI=1S/C12H13F3N4O/c1-11(2-5-20-7-11)17-10-8-6-9(12(13,14)15)18-19(8)4-3-16-10/h3-4,6H,2,5,7H2,1H3,(H,16,17). The summed E-state index contributed by atoms with van der Waals surface area (Å²) in [5.41, 5.74) is -0.952. The van der Waals surface area contributed by atoms with Gasteiger partial charge < -0.3 is 10.1 Å². The molecule has 3 rings (SSSR count). The van der Waals surface area contributed by atoms with Crippen LogP contribution in [0.25, 0.3) is 5.52 Å². The van der Waals surface area contributed by atoms with Crippen LogP contribution in [-0.2, 0) is 10.9 Å². The monoisotopic (exact) mass is 286 g/mol. The van der Waals surface area contributed by atoms with E-state index in [1.807, 2.05) is 6.92 Å². The number of ether oxygens (including phenoxy) is 1. The first-order valence-electron chi connectivity index (χ1n) is 6.15. The number of anilines is 1. The van der Waals surface area contributed by atoms with Crippen LogP contribution in [0.1, 0.15) is 19.0 Å². The second kappa shape index (κ2) is 4.34. The van der Waals surface area contributed by atoms with Crippen molar-refractivity contribution >= 4 is 11.3 Å². The molecule has 108 valence electrons. The summed E-state index contributed by atoms with van der Waals surface area (Å²) in [6.07, 6.45) is -0.884. The Balaban J connectivity index is 2.01. The predicted molar refractivity (Wildman–Crippen MR) is 65.5 cm³/mol. The minimum atomic E-state index is -4.47. The Bertz CT molecular complexity index is 631. The summed E-state index contributed by atoms with van der Waals surface area (Å²) in [4.78, 5) is 4.12. The summed E-state index contributed by atoms with van der Waals surface area (Å²) in [6, 6.07) is 0.995. The second-order valence-corrected chi connectivity index (χ2v) is 5.12. The number of aromatic nitrogens is 3. The van der Waals surface area contributed by atoms with Crippen molar-refractivity contribution in [2.45, 2.75) is 25.1 Å². The van der Waals surface area contributed by atoms with Gasteiger partial charge in [-0.25, -0.2) is 9.50 Å². The lowest BCUT2D eigenvalue weighted by Crippen LogP contribution is -2.35. The van der Waals surface area contributed by atoms with Gasteiger partial charge in [0.25, 0.3) is 0 Å². The molecule has 0 amide bonds. The summed E-state index contributed by atoms with van der Waals surface area (Å²) in [5.74, 6) is 0.378. The van der Waals surface area contributed by atoms with Gasteiger partial charge in [0.2, 0.25) is 0 Å². The molecule has 0 bridgehead atoms. The van der Waals surface area contributed by atoms with Crippen molar-refractivity contribution in [2.24, 2.45) is 0 Å². The zero-order valence-corrected chi connectivity index (χ0v) is 10.7. The van der Waals surface area contributed by atoms with Crippen molar-refractivity contribution in [1.29, 1.82) is 0 Å². The van der Waals surface area contributed by atoms with E-state index in [4.69, 9.17) is 4.74 Å². The molecule has 8 heteroatoms. The van der Waals surface area contributed by atoms with Crippen LogP contribution in [0, 0.1) is 0 Å². The van der Waals surface area contributed by atoms with Crippen LogP contribution in [0.5, 0.6) is 0 Å². The summed E-state index contributed by atoms with van der Waals surface area (Å²) in [5, 5.41) is 6.68. The average Bonchev–Trinajstić information content (AvgIpc) is 2.95. The van der Waals surface area contributed by atoms with E-state index < -0.39 is 11.9 Å². The van der Waals surface area contributed by atoms with E-state index in [0.717, 1.165) is 12.5 Å². The van der Waals surface area contributed by atoms with Crippen LogP contribution in [0.3, 0.4) is 0 Å². The summed E-state index contributed by atoms with van der Waals surface area (Å²) in [7, 11) is 0. The quantitative estimate of drug-likeness (QED) is 0.920. The number of rotatable bonds is 2. The maximum atomic E-state index is 12.7. The molecule has 20 heavy (non-hydrogen) atoms. The third-order valence-electron chi connectivity index (χ3n) is 3.32. The van der Waals surface area contributed by atoms with Gasteiger partial charge in [-0.15, -0.1) is 0 Å². The lowest BCUT2D eigenvalue weighted by Gasteiger charge is -2.24. The number of hydrogen-bond acceptors (Lipinski definition) is 4. The summed E-state index contributed by atoms with van der Waals surface area (Å²) in [6.45, 7) is 3.07. The minimum absolute atomic E-state index is 0.299. The van der Waals surface area contributed by atoms with E-state index in [-0.39, 0.29) is 5.54 Å². The molecule has 1 aliphatic heterocycles. The molecule has 1 N–H and O–H groups in total. The predicted octanol–water partition coefficient (Wildman–Crippen LogP) is 2.34. The van der Waals surface area contributed by atoms with Gasteiger partial charge in [0.1, 0.15) is 5.52 Å². The first-order chi connectivity index (χ1) is 9.37. The second-order valence-electron chi connectivity index (χ2n) is 5.12. The van der Waals surface area contributed by atoms with E-state index in [9.17, 15) is 13.2 Å². The normalized spacial score (nSPS) is 23.4. The number of alkyl halides is 3. The highest BCUT2D eigenvalue weighted by atomic mass is 19.4. The third-order valence-corrected chi connectivity index (χ3v) is 3.32. The molecule has 0 aliphatic carbocycles. The summed E-state index contributed by atoms with van der Waals surface area (Å²) >= 11 is 0. The Morgan fingerprint density at radius 3 is 2.90 bits per heavy atom. The average molecular weight is 286 g/mol. The van der Waals surface area contributed by atoms with Gasteiger partial charge in [-0.2, -0.15) is 18.3 Å². The Labute approximate surface area is 112 Å². The maximum absolute atomic E-state index is 12.7. The van der Waals surface area contributed by atoms with Gasteiger partial charge in [0.05, 0.1) is 12.1 Å². The topological polar surface area (TPSA) is 51.5 Å². The molecule has 0 spiro atoms. The van der Waals surface area contributed by atoms with Gasteiger partial charge in [0.15, 0.2) is 11.5 Å². The molecule has 1 fully saturated rings. The van der Waals surface area contributed by atoms with Gasteiger partial charge >= 0.3 is 6.18 Å². The van der Waals surface area contributed by atoms with Crippen LogP contribution in [0.2, 0.25) is 0 Å². The van der Waals surface area contributed by atoms with Gasteiger partial charge in [0, 0.05) is 25.1 Å². The first-order valence-corrected chi connectivity index (χ1v) is 6.15. The number of hydrogen-bond donors (Lipinski definition) is 1. The van der Waals surface area contributed by atoms with Crippen molar-refractivity contribution in [3.63, 3.8) is 0 Å². The fourth-order valence-corrected chi connectivity index (χ4v) is 2.21. The van der Waals surface area contributed by atoms with Crippen LogP contribution in [0.4, 0.5) is 19.0 Å². The molecule has 2 aromatic heterocycles. The molecule has 1 aliphatic rings. The Morgan fingerprint density at radius 2 is 2.25 bits per heavy atom. The lowest BCUT2D eigenvalue weighted by atomic mass is 10.0. The van der Waals surface area contributed by atoms with Gasteiger partial charge in [-0.3, -0.25) is 0 Å². The minimum Gasteiger partial charge on any atom is -0.379 e. The lowest BCUT2D eigenvalue weighted by molar-refractivity contribution is -0.141. The zero-order chi connectivity index (χ0) is 14.4. The molecule has 1 unspecified atom stereocenters. The van der Waals surface area contributed by atoms with Crippen LogP contribution >= 0.6 is 0 Å². The van der Waals surface area contributed by atoms with Crippen LogP contribution in [0.15, 0.2) is 18.5 Å². The Hall–Kier alpha value is -1.83. The highest BCUT2D eigenvalue weighted by Crippen LogP contribution is 2.31. The van der Waals surface area contributed by atoms with Crippen molar-refractivity contribution in [2.75, 3.05) is 18.5 Å². The zero-order valence-electron chi connectivity index (χ0n) is 10.7. The molecule has 2 aromatic rings. The van der Waals surface area contributed by atoms with E-state index in [0.29, 0.717) is 24.5 Å². The highest BCUT2D eigenvalue weighted by molar-refractivity contribution is 5.68. The number of fused-ring (bicyclic) bond motifs is 1. The van der Waals surface area contributed by atoms with E-state index in [1.165, 1.54) is 16.9 Å². The molecule has 0 saturated carbocycles. The molecule has 1 atom stereocenters. The molecule has 5 nitrogen and oxygen atoms in total. The van der Waals surface area contributed by atoms with Crippen molar-refractivity contribution in [1.82, 2.24) is 14.6 Å². The van der Waals surface area contributed by atoms with Crippen molar-refractivity contribution in [3.05, 3.63) is 24.2 Å². The summed E-state index contributed by atoms with van der Waals surface area (Å²) < 4.78 is 44.6. The largest absolute Gasteiger partial charge is 0.435 e. The van der Waals surface area contributed by atoms with Gasteiger partial charge in [-0.05, 0) is 13.3 Å². The molecule has 0 radical (unpaired) electrons. The van der Waals surface area contributed by atoms with Gasteiger partial charge in [-0.1, -0.05) is 0 Å². The SMILES string of the molecule is CC1(Nc2nccn3nc(C(F)(F)F)cc23)CCOC1. The van der Waals surface area contributed by atoms with Crippen LogP contribution in [-0.4, -0.2) is 33.4 Å². The molecular weight excluding hydrogens is 273 g/mol. The van der Waals surface area contributed by atoms with E-state index >= 15 is 0 Å². The van der Waals surface area contributed by atoms with Crippen molar-refractivity contribution in [3.8, 4) is 0 Å². The maximum Gasteiger partial charge on any atom is 0.435 e. The first kappa shape index (κ1) is 13.2. The van der Waals surface area contributed by atoms with E-state index in [1.54, 1.807) is 0 Å². The molecular formula is C12H13F3N4O. The van der Waals surface area contributed by atoms with Crippen LogP contribution < -0.4 is 5.32 Å². The molecule has 0 aromatic carbocycles. The Morgan fingerprint density at radius 1 is 1.45 bits per heavy atom. The smallest absolute Gasteiger partial charge is 0.379 e. The fraction of sp³-hybridized carbons (Fsp3) is 0.500. The van der Waals surface area contributed by atoms with E-state index in [2.05, 4.69) is 15.4 Å². The van der Waals surface area contributed by atoms with Crippen molar-refractivity contribution < 1.29 is 17.9 Å². The fourth-order valence-electron chi connectivity index (χ4n) is 2.21. The number of halogens is 3. The highest BCUT2D eigenvalue weighted by Gasteiger charge is 2.35. The Kier molecular flexibility index (Phi) is 2.86. The molecule has 3 heterocycles. The third kappa shape index (κ3) is 2.31.